The van der Waals surface area contributed by atoms with Gasteiger partial charge in [-0.1, -0.05) is 12.2 Å². The first-order valence-corrected chi connectivity index (χ1v) is 4.09. The maximum atomic E-state index is 12.7. The normalized spacial score (nSPS) is 11.0. The largest absolute Gasteiger partial charge is 0.503 e. The van der Waals surface area contributed by atoms with Gasteiger partial charge in [-0.2, -0.15) is 0 Å². The molecule has 0 fully saturated rings. The van der Waals surface area contributed by atoms with Crippen LogP contribution in [0.3, 0.4) is 0 Å². The van der Waals surface area contributed by atoms with Crippen molar-refractivity contribution in [3.63, 3.8) is 0 Å². The lowest BCUT2D eigenvalue weighted by Crippen LogP contribution is -1.84. The zero-order valence-corrected chi connectivity index (χ0v) is 7.35. The molecule has 1 aromatic carbocycles. The van der Waals surface area contributed by atoms with Gasteiger partial charge in [0.25, 0.3) is 0 Å². The van der Waals surface area contributed by atoms with E-state index in [-0.39, 0.29) is 5.88 Å². The molecule has 0 saturated carbocycles. The van der Waals surface area contributed by atoms with Gasteiger partial charge < -0.3 is 5.11 Å². The van der Waals surface area contributed by atoms with Crippen molar-refractivity contribution in [3.8, 4) is 5.75 Å². The van der Waals surface area contributed by atoms with Crippen molar-refractivity contribution in [2.24, 2.45) is 0 Å². The molecule has 0 aliphatic heterocycles. The highest BCUT2D eigenvalue weighted by molar-refractivity contribution is 6.19. The summed E-state index contributed by atoms with van der Waals surface area (Å²) >= 11 is 5.34. The van der Waals surface area contributed by atoms with Crippen molar-refractivity contribution in [1.82, 2.24) is 0 Å². The first-order valence-electron chi connectivity index (χ1n) is 3.55. The minimum atomic E-state index is -0.978. The van der Waals surface area contributed by atoms with Crippen LogP contribution in [0.15, 0.2) is 18.2 Å². The van der Waals surface area contributed by atoms with Gasteiger partial charge in [0.1, 0.15) is 0 Å². The summed E-state index contributed by atoms with van der Waals surface area (Å²) in [6.07, 6.45) is 3.02. The van der Waals surface area contributed by atoms with Gasteiger partial charge in [-0.15, -0.1) is 11.6 Å². The summed E-state index contributed by atoms with van der Waals surface area (Å²) in [4.78, 5) is 0. The van der Waals surface area contributed by atoms with Gasteiger partial charge in [-0.3, -0.25) is 0 Å². The van der Waals surface area contributed by atoms with E-state index in [2.05, 4.69) is 0 Å². The molecule has 13 heavy (non-hydrogen) atoms. The van der Waals surface area contributed by atoms with E-state index in [9.17, 15) is 8.78 Å². The molecule has 4 heteroatoms. The van der Waals surface area contributed by atoms with Crippen LogP contribution in [0, 0.1) is 11.6 Å². The second kappa shape index (κ2) is 4.23. The van der Waals surface area contributed by atoms with E-state index >= 15 is 0 Å². The van der Waals surface area contributed by atoms with E-state index < -0.39 is 17.4 Å². The molecule has 0 amide bonds. The number of hydrogen-bond acceptors (Lipinski definition) is 1. The Hall–Kier alpha value is -1.09. The molecule has 0 atom stereocenters. The van der Waals surface area contributed by atoms with Crippen molar-refractivity contribution in [3.05, 3.63) is 35.4 Å². The summed E-state index contributed by atoms with van der Waals surface area (Å²) in [5, 5.41) is 8.76. The fraction of sp³-hybridized carbons (Fsp3) is 0.111. The van der Waals surface area contributed by atoms with Crippen LogP contribution in [-0.4, -0.2) is 11.0 Å². The number of halogens is 3. The Balaban J connectivity index is 3.06. The molecular formula is C9H7ClF2O. The predicted octanol–water partition coefficient (Wildman–Crippen LogP) is 2.92. The average molecular weight is 205 g/mol. The summed E-state index contributed by atoms with van der Waals surface area (Å²) in [5.41, 5.74) is 0.327. The molecule has 0 aromatic heterocycles. The minimum Gasteiger partial charge on any atom is -0.503 e. The number of hydrogen-bond donors (Lipinski definition) is 1. The molecule has 1 nitrogen and oxygen atoms in total. The van der Waals surface area contributed by atoms with Crippen LogP contribution in [-0.2, 0) is 0 Å². The topological polar surface area (TPSA) is 20.2 Å². The van der Waals surface area contributed by atoms with Crippen LogP contribution in [0.2, 0.25) is 0 Å². The van der Waals surface area contributed by atoms with Crippen molar-refractivity contribution in [2.75, 3.05) is 5.88 Å². The number of rotatable bonds is 2. The molecule has 0 unspecified atom stereocenters. The fourth-order valence-corrected chi connectivity index (χ4v) is 0.951. The maximum Gasteiger partial charge on any atom is 0.187 e. The Morgan fingerprint density at radius 1 is 1.31 bits per heavy atom. The third-order valence-corrected chi connectivity index (χ3v) is 1.62. The maximum absolute atomic E-state index is 12.7. The monoisotopic (exact) mass is 204 g/mol. The smallest absolute Gasteiger partial charge is 0.187 e. The second-order valence-electron chi connectivity index (χ2n) is 2.39. The molecule has 0 radical (unpaired) electrons. The summed E-state index contributed by atoms with van der Waals surface area (Å²) in [6, 6.07) is 2.06. The molecule has 0 spiro atoms. The summed E-state index contributed by atoms with van der Waals surface area (Å²) in [7, 11) is 0. The van der Waals surface area contributed by atoms with E-state index in [1.54, 1.807) is 6.08 Å². The van der Waals surface area contributed by atoms with E-state index in [4.69, 9.17) is 16.7 Å². The van der Waals surface area contributed by atoms with Gasteiger partial charge in [0, 0.05) is 5.88 Å². The van der Waals surface area contributed by atoms with Gasteiger partial charge in [-0.25, -0.2) is 8.78 Å². The molecule has 1 aromatic rings. The van der Waals surface area contributed by atoms with E-state index in [1.165, 1.54) is 6.08 Å². The lowest BCUT2D eigenvalue weighted by Gasteiger charge is -1.98. The van der Waals surface area contributed by atoms with Crippen LogP contribution in [0.1, 0.15) is 5.56 Å². The molecule has 0 aliphatic carbocycles. The lowest BCUT2D eigenvalue weighted by molar-refractivity contribution is 0.396. The molecule has 0 aliphatic rings. The molecule has 0 heterocycles. The van der Waals surface area contributed by atoms with Gasteiger partial charge >= 0.3 is 0 Å². The molecule has 0 saturated heterocycles. The quantitative estimate of drug-likeness (QED) is 0.735. The number of aromatic hydroxyl groups is 1. The summed E-state index contributed by atoms with van der Waals surface area (Å²) in [6.45, 7) is 0. The van der Waals surface area contributed by atoms with E-state index in [0.717, 1.165) is 12.1 Å². The molecule has 0 bridgehead atoms. The fourth-order valence-electron chi connectivity index (χ4n) is 0.862. The Bertz CT molecular complexity index is 313. The molecule has 1 N–H and O–H groups in total. The number of allylic oxidation sites excluding steroid dienone is 1. The van der Waals surface area contributed by atoms with Gasteiger partial charge in [0.15, 0.2) is 17.4 Å². The van der Waals surface area contributed by atoms with Crippen LogP contribution >= 0.6 is 11.6 Å². The third kappa shape index (κ3) is 2.42. The summed E-state index contributed by atoms with van der Waals surface area (Å²) < 4.78 is 25.4. The van der Waals surface area contributed by atoms with Gasteiger partial charge in [-0.05, 0) is 17.7 Å². The highest BCUT2D eigenvalue weighted by Crippen LogP contribution is 2.21. The molecule has 70 valence electrons. The number of benzene rings is 1. The van der Waals surface area contributed by atoms with E-state index in [0.29, 0.717) is 5.56 Å². The predicted molar refractivity (Wildman–Crippen MR) is 47.8 cm³/mol. The van der Waals surface area contributed by atoms with Gasteiger partial charge in [0.05, 0.1) is 0 Å². The third-order valence-electron chi connectivity index (χ3n) is 1.44. The van der Waals surface area contributed by atoms with Crippen LogP contribution in [0.25, 0.3) is 6.08 Å². The van der Waals surface area contributed by atoms with Crippen molar-refractivity contribution >= 4 is 17.7 Å². The van der Waals surface area contributed by atoms with Crippen molar-refractivity contribution in [1.29, 1.82) is 0 Å². The van der Waals surface area contributed by atoms with E-state index in [1.807, 2.05) is 0 Å². The van der Waals surface area contributed by atoms with Crippen molar-refractivity contribution < 1.29 is 13.9 Å². The first-order chi connectivity index (χ1) is 6.15. The number of phenols is 1. The zero-order valence-electron chi connectivity index (χ0n) is 6.60. The summed E-state index contributed by atoms with van der Waals surface area (Å²) in [5.74, 6) is -2.64. The lowest BCUT2D eigenvalue weighted by atomic mass is 10.2. The SMILES string of the molecule is Oc1c(F)cc(C=CCCl)cc1F. The Labute approximate surface area is 79.3 Å². The second-order valence-corrected chi connectivity index (χ2v) is 2.70. The minimum absolute atomic E-state index is 0.268. The Morgan fingerprint density at radius 2 is 1.85 bits per heavy atom. The highest BCUT2D eigenvalue weighted by atomic mass is 35.5. The zero-order chi connectivity index (χ0) is 9.84. The number of phenolic OH excluding ortho intramolecular Hbond substituents is 1. The Morgan fingerprint density at radius 3 is 2.31 bits per heavy atom. The van der Waals surface area contributed by atoms with Crippen LogP contribution in [0.4, 0.5) is 8.78 Å². The van der Waals surface area contributed by atoms with Crippen LogP contribution < -0.4 is 0 Å². The molecule has 1 rings (SSSR count). The van der Waals surface area contributed by atoms with Gasteiger partial charge in [0.2, 0.25) is 0 Å². The van der Waals surface area contributed by atoms with Crippen LogP contribution in [0.5, 0.6) is 5.75 Å². The van der Waals surface area contributed by atoms with Crippen molar-refractivity contribution in [2.45, 2.75) is 0 Å². The highest BCUT2D eigenvalue weighted by Gasteiger charge is 2.07. The first kappa shape index (κ1) is 9.99. The molecular weight excluding hydrogens is 198 g/mol. The standard InChI is InChI=1S/C9H7ClF2O/c10-3-1-2-6-4-7(11)9(13)8(12)5-6/h1-2,4-5,13H,3H2. The Kier molecular flexibility index (Phi) is 3.25. The number of alkyl halides is 1. The average Bonchev–Trinajstić information content (AvgIpc) is 2.10.